The predicted molar refractivity (Wildman–Crippen MR) is 143 cm³/mol. The second-order valence-corrected chi connectivity index (χ2v) is 10.8. The van der Waals surface area contributed by atoms with E-state index in [2.05, 4.69) is 6.58 Å². The minimum atomic E-state index is -0.946. The van der Waals surface area contributed by atoms with Gasteiger partial charge in [0, 0.05) is 6.61 Å². The molecule has 2 aromatic rings. The fourth-order valence-electron chi connectivity index (χ4n) is 6.24. The van der Waals surface area contributed by atoms with Crippen LogP contribution in [0.4, 0.5) is 17.6 Å². The predicted octanol–water partition coefficient (Wildman–Crippen LogP) is 9.17. The van der Waals surface area contributed by atoms with Gasteiger partial charge in [-0.05, 0) is 118 Å². The molecule has 0 heterocycles. The summed E-state index contributed by atoms with van der Waals surface area (Å²) < 4.78 is 70.2. The largest absolute Gasteiger partial charge is 0.490 e. The van der Waals surface area contributed by atoms with Crippen LogP contribution in [-0.2, 0) is 11.2 Å². The number of hydrogen-bond acceptors (Lipinski definition) is 2. The van der Waals surface area contributed by atoms with E-state index in [9.17, 15) is 8.78 Å². The zero-order valence-electron chi connectivity index (χ0n) is 22.4. The lowest BCUT2D eigenvalue weighted by Crippen LogP contribution is -2.22. The molecule has 38 heavy (non-hydrogen) atoms. The Bertz CT molecular complexity index is 1070. The number of benzene rings is 2. The normalized spacial score (nSPS) is 23.8. The Labute approximate surface area is 224 Å². The van der Waals surface area contributed by atoms with Crippen LogP contribution in [-0.4, -0.2) is 19.3 Å². The van der Waals surface area contributed by atoms with Crippen LogP contribution in [0, 0.1) is 29.2 Å². The molecule has 2 fully saturated rings. The lowest BCUT2D eigenvalue weighted by molar-refractivity contribution is 0.0325. The average Bonchev–Trinajstić information content (AvgIpc) is 2.93. The smallest absolute Gasteiger partial charge is 0.200 e. The van der Waals surface area contributed by atoms with Crippen molar-refractivity contribution in [3.05, 3.63) is 76.9 Å². The van der Waals surface area contributed by atoms with Gasteiger partial charge in [0.05, 0.1) is 12.7 Å². The van der Waals surface area contributed by atoms with E-state index >= 15 is 8.78 Å². The Balaban J connectivity index is 1.29. The molecule has 208 valence electrons. The minimum absolute atomic E-state index is 0.00957. The highest BCUT2D eigenvalue weighted by atomic mass is 19.2. The van der Waals surface area contributed by atoms with E-state index in [1.807, 2.05) is 6.92 Å². The molecule has 0 N–H and O–H groups in total. The van der Waals surface area contributed by atoms with E-state index in [4.69, 9.17) is 9.47 Å². The van der Waals surface area contributed by atoms with Gasteiger partial charge in [0.1, 0.15) is 0 Å². The van der Waals surface area contributed by atoms with E-state index in [0.29, 0.717) is 42.1 Å². The first-order valence-electron chi connectivity index (χ1n) is 14.2. The van der Waals surface area contributed by atoms with Crippen LogP contribution in [0.3, 0.4) is 0 Å². The summed E-state index contributed by atoms with van der Waals surface area (Å²) in [4.78, 5) is 0. The van der Waals surface area contributed by atoms with E-state index < -0.39 is 23.3 Å². The van der Waals surface area contributed by atoms with Gasteiger partial charge in [-0.1, -0.05) is 24.3 Å². The topological polar surface area (TPSA) is 18.5 Å². The first-order valence-corrected chi connectivity index (χ1v) is 14.2. The molecular formula is C32H40F4O2. The number of rotatable bonds is 11. The molecule has 0 atom stereocenters. The molecule has 0 radical (unpaired) electrons. The highest BCUT2D eigenvalue weighted by Crippen LogP contribution is 2.41. The molecule has 6 heteroatoms. The standard InChI is InChI=1S/C32H40F4O2/c1-3-5-20-38-28-19-14-24(29(33)32(28)36)11-8-21-6-9-22(10-7-21)26-17-18-27(31(35)30(26)34)23-12-15-25(16-13-23)37-4-2/h3,14,17-19,21-23,25H,1,4-13,15-16,20H2,2H3. The third-order valence-electron chi connectivity index (χ3n) is 8.47. The van der Waals surface area contributed by atoms with E-state index in [-0.39, 0.29) is 30.3 Å². The molecule has 0 spiro atoms. The molecule has 0 amide bonds. The van der Waals surface area contributed by atoms with Gasteiger partial charge in [-0.3, -0.25) is 0 Å². The zero-order chi connectivity index (χ0) is 27.1. The van der Waals surface area contributed by atoms with Crippen LogP contribution >= 0.6 is 0 Å². The van der Waals surface area contributed by atoms with Gasteiger partial charge in [0.2, 0.25) is 5.82 Å². The van der Waals surface area contributed by atoms with Crippen LogP contribution in [0.2, 0.25) is 0 Å². The molecule has 2 aromatic carbocycles. The molecule has 0 bridgehead atoms. The molecule has 2 aliphatic rings. The Hall–Kier alpha value is -2.34. The van der Waals surface area contributed by atoms with Crippen molar-refractivity contribution in [1.82, 2.24) is 0 Å². The van der Waals surface area contributed by atoms with Gasteiger partial charge in [0.25, 0.3) is 0 Å². The minimum Gasteiger partial charge on any atom is -0.490 e. The maximum atomic E-state index is 15.2. The molecule has 0 aliphatic heterocycles. The summed E-state index contributed by atoms with van der Waals surface area (Å²) in [6.07, 6.45) is 10.3. The summed E-state index contributed by atoms with van der Waals surface area (Å²) in [5.74, 6) is -2.85. The molecule has 2 aliphatic carbocycles. The van der Waals surface area contributed by atoms with E-state index in [1.165, 1.54) is 6.07 Å². The molecule has 0 aromatic heterocycles. The number of ether oxygens (including phenoxy) is 2. The summed E-state index contributed by atoms with van der Waals surface area (Å²) in [7, 11) is 0. The van der Waals surface area contributed by atoms with Crippen molar-refractivity contribution in [3.63, 3.8) is 0 Å². The third kappa shape index (κ3) is 6.80. The Morgan fingerprint density at radius 3 is 1.97 bits per heavy atom. The van der Waals surface area contributed by atoms with Crippen molar-refractivity contribution in [3.8, 4) is 5.75 Å². The molecule has 0 saturated heterocycles. The first-order chi connectivity index (χ1) is 18.4. The Morgan fingerprint density at radius 2 is 1.39 bits per heavy atom. The van der Waals surface area contributed by atoms with Crippen LogP contribution in [0.5, 0.6) is 5.75 Å². The van der Waals surface area contributed by atoms with Crippen LogP contribution in [0.25, 0.3) is 0 Å². The van der Waals surface area contributed by atoms with E-state index in [1.54, 1.807) is 24.3 Å². The fourth-order valence-corrected chi connectivity index (χ4v) is 6.24. The van der Waals surface area contributed by atoms with Crippen molar-refractivity contribution in [2.24, 2.45) is 5.92 Å². The third-order valence-corrected chi connectivity index (χ3v) is 8.47. The van der Waals surface area contributed by atoms with Crippen LogP contribution in [0.1, 0.15) is 99.7 Å². The van der Waals surface area contributed by atoms with Gasteiger partial charge >= 0.3 is 0 Å². The Morgan fingerprint density at radius 1 is 0.789 bits per heavy atom. The molecule has 0 unspecified atom stereocenters. The summed E-state index contributed by atoms with van der Waals surface area (Å²) in [6, 6.07) is 6.67. The summed E-state index contributed by atoms with van der Waals surface area (Å²) in [5, 5.41) is 0. The van der Waals surface area contributed by atoms with Gasteiger partial charge in [-0.25, -0.2) is 13.2 Å². The van der Waals surface area contributed by atoms with Crippen molar-refractivity contribution in [2.45, 2.75) is 95.5 Å². The van der Waals surface area contributed by atoms with Gasteiger partial charge in [-0.15, -0.1) is 6.58 Å². The van der Waals surface area contributed by atoms with Gasteiger partial charge in [-0.2, -0.15) is 4.39 Å². The van der Waals surface area contributed by atoms with Crippen LogP contribution in [0.15, 0.2) is 36.9 Å². The second-order valence-electron chi connectivity index (χ2n) is 10.8. The lowest BCUT2D eigenvalue weighted by atomic mass is 9.76. The Kier molecular flexibility index (Phi) is 10.3. The molecular weight excluding hydrogens is 492 g/mol. The van der Waals surface area contributed by atoms with Crippen molar-refractivity contribution in [1.29, 1.82) is 0 Å². The summed E-state index contributed by atoms with van der Waals surface area (Å²) in [6.45, 7) is 6.51. The van der Waals surface area contributed by atoms with Crippen molar-refractivity contribution >= 4 is 0 Å². The van der Waals surface area contributed by atoms with Gasteiger partial charge in [0.15, 0.2) is 23.2 Å². The van der Waals surface area contributed by atoms with Crippen molar-refractivity contribution < 1.29 is 27.0 Å². The fraction of sp³-hybridized carbons (Fsp3) is 0.562. The maximum absolute atomic E-state index is 15.2. The highest BCUT2D eigenvalue weighted by molar-refractivity contribution is 5.33. The number of hydrogen-bond donors (Lipinski definition) is 0. The zero-order valence-corrected chi connectivity index (χ0v) is 22.4. The van der Waals surface area contributed by atoms with Crippen molar-refractivity contribution in [2.75, 3.05) is 13.2 Å². The summed E-state index contributed by atoms with van der Waals surface area (Å²) >= 11 is 0. The molecule has 2 nitrogen and oxygen atoms in total. The quantitative estimate of drug-likeness (QED) is 0.163. The number of aryl methyl sites for hydroxylation is 1. The summed E-state index contributed by atoms with van der Waals surface area (Å²) in [5.41, 5.74) is 1.33. The highest BCUT2D eigenvalue weighted by Gasteiger charge is 2.30. The van der Waals surface area contributed by atoms with E-state index in [0.717, 1.165) is 57.8 Å². The second kappa shape index (κ2) is 13.6. The van der Waals surface area contributed by atoms with Gasteiger partial charge < -0.3 is 9.47 Å². The van der Waals surface area contributed by atoms with Crippen LogP contribution < -0.4 is 4.74 Å². The average molecular weight is 533 g/mol. The number of halogens is 4. The lowest BCUT2D eigenvalue weighted by Gasteiger charge is -2.31. The maximum Gasteiger partial charge on any atom is 0.200 e. The SMILES string of the molecule is C=CCCOc1ccc(CCC2CCC(c3ccc(C4CCC(OCC)CC4)c(F)c3F)CC2)c(F)c1F. The first kappa shape index (κ1) is 28.7. The monoisotopic (exact) mass is 532 g/mol. The molecule has 4 rings (SSSR count). The molecule has 2 saturated carbocycles.